The molecule has 0 heterocycles. The SMILES string of the molecule is O=C(Nc1ccc(Br)c(Cl)c1)C(Cl)c1ccccc1. The van der Waals surface area contributed by atoms with Gasteiger partial charge in [0.2, 0.25) is 5.91 Å². The topological polar surface area (TPSA) is 29.1 Å². The van der Waals surface area contributed by atoms with E-state index < -0.39 is 5.38 Å². The summed E-state index contributed by atoms with van der Waals surface area (Å²) in [5, 5.41) is 2.53. The van der Waals surface area contributed by atoms with Crippen LogP contribution in [0.25, 0.3) is 0 Å². The summed E-state index contributed by atoms with van der Waals surface area (Å²) < 4.78 is 0.776. The van der Waals surface area contributed by atoms with Crippen molar-refractivity contribution < 1.29 is 4.79 Å². The molecule has 0 saturated carbocycles. The van der Waals surface area contributed by atoms with Gasteiger partial charge < -0.3 is 5.32 Å². The Kier molecular flexibility index (Phi) is 4.86. The highest BCUT2D eigenvalue weighted by Crippen LogP contribution is 2.27. The molecular formula is C14H10BrCl2NO. The summed E-state index contributed by atoms with van der Waals surface area (Å²) in [6, 6.07) is 14.4. The lowest BCUT2D eigenvalue weighted by atomic mass is 10.1. The minimum Gasteiger partial charge on any atom is -0.324 e. The number of carbonyl (C=O) groups is 1. The van der Waals surface area contributed by atoms with Gasteiger partial charge in [-0.05, 0) is 39.7 Å². The standard InChI is InChI=1S/C14H10BrCl2NO/c15-11-7-6-10(8-12(11)16)18-14(19)13(17)9-4-2-1-3-5-9/h1-8,13H,(H,18,19). The van der Waals surface area contributed by atoms with E-state index in [1.54, 1.807) is 18.2 Å². The van der Waals surface area contributed by atoms with Gasteiger partial charge in [-0.1, -0.05) is 41.9 Å². The number of nitrogens with one attached hydrogen (secondary N) is 1. The monoisotopic (exact) mass is 357 g/mol. The quantitative estimate of drug-likeness (QED) is 0.766. The molecular weight excluding hydrogens is 349 g/mol. The Morgan fingerprint density at radius 2 is 1.84 bits per heavy atom. The van der Waals surface area contributed by atoms with Crippen LogP contribution in [0.2, 0.25) is 5.02 Å². The molecule has 0 bridgehead atoms. The van der Waals surface area contributed by atoms with E-state index in [1.807, 2.05) is 30.3 Å². The zero-order valence-electron chi connectivity index (χ0n) is 9.74. The van der Waals surface area contributed by atoms with Gasteiger partial charge in [0.25, 0.3) is 0 Å². The average Bonchev–Trinajstić information content (AvgIpc) is 2.43. The van der Waals surface area contributed by atoms with Crippen molar-refractivity contribution in [3.63, 3.8) is 0 Å². The fourth-order valence-corrected chi connectivity index (χ4v) is 2.18. The van der Waals surface area contributed by atoms with E-state index >= 15 is 0 Å². The van der Waals surface area contributed by atoms with Crippen LogP contribution in [0.15, 0.2) is 53.0 Å². The van der Waals surface area contributed by atoms with Gasteiger partial charge in [-0.15, -0.1) is 11.6 Å². The Hall–Kier alpha value is -1.03. The lowest BCUT2D eigenvalue weighted by Gasteiger charge is -2.11. The van der Waals surface area contributed by atoms with Crippen molar-refractivity contribution in [2.45, 2.75) is 5.38 Å². The molecule has 0 aliphatic rings. The summed E-state index contributed by atoms with van der Waals surface area (Å²) in [7, 11) is 0. The fraction of sp³-hybridized carbons (Fsp3) is 0.0714. The fourth-order valence-electron chi connectivity index (χ4n) is 1.55. The molecule has 5 heteroatoms. The maximum atomic E-state index is 12.0. The molecule has 1 N–H and O–H groups in total. The van der Waals surface area contributed by atoms with E-state index in [0.717, 1.165) is 10.0 Å². The van der Waals surface area contributed by atoms with Gasteiger partial charge in [0.15, 0.2) is 0 Å². The molecule has 2 aromatic carbocycles. The highest BCUT2D eigenvalue weighted by Gasteiger charge is 2.17. The molecule has 0 fully saturated rings. The average molecular weight is 359 g/mol. The molecule has 19 heavy (non-hydrogen) atoms. The Morgan fingerprint density at radius 1 is 1.16 bits per heavy atom. The third-order valence-corrected chi connectivity index (χ3v) is 4.19. The minimum absolute atomic E-state index is 0.286. The van der Waals surface area contributed by atoms with Crippen LogP contribution < -0.4 is 5.32 Å². The number of halogens is 3. The predicted molar refractivity (Wildman–Crippen MR) is 82.8 cm³/mol. The highest BCUT2D eigenvalue weighted by atomic mass is 79.9. The van der Waals surface area contributed by atoms with Crippen LogP contribution in [0.1, 0.15) is 10.9 Å². The largest absolute Gasteiger partial charge is 0.324 e. The number of benzene rings is 2. The smallest absolute Gasteiger partial charge is 0.246 e. The van der Waals surface area contributed by atoms with Crippen LogP contribution >= 0.6 is 39.1 Å². The zero-order chi connectivity index (χ0) is 13.8. The van der Waals surface area contributed by atoms with E-state index in [4.69, 9.17) is 23.2 Å². The van der Waals surface area contributed by atoms with Crippen LogP contribution in [0.5, 0.6) is 0 Å². The molecule has 0 aliphatic carbocycles. The van der Waals surface area contributed by atoms with Crippen LogP contribution in [-0.2, 0) is 4.79 Å². The number of carbonyl (C=O) groups excluding carboxylic acids is 1. The van der Waals surface area contributed by atoms with E-state index in [-0.39, 0.29) is 5.91 Å². The van der Waals surface area contributed by atoms with E-state index in [0.29, 0.717) is 10.7 Å². The lowest BCUT2D eigenvalue weighted by molar-refractivity contribution is -0.116. The summed E-state index contributed by atoms with van der Waals surface area (Å²) in [5.74, 6) is -0.286. The third-order valence-electron chi connectivity index (χ3n) is 2.51. The van der Waals surface area contributed by atoms with Crippen molar-refractivity contribution in [2.24, 2.45) is 0 Å². The van der Waals surface area contributed by atoms with Crippen molar-refractivity contribution in [1.29, 1.82) is 0 Å². The van der Waals surface area contributed by atoms with Crippen molar-refractivity contribution >= 4 is 50.7 Å². The van der Waals surface area contributed by atoms with Gasteiger partial charge in [-0.2, -0.15) is 0 Å². The van der Waals surface area contributed by atoms with Crippen molar-refractivity contribution in [1.82, 2.24) is 0 Å². The molecule has 0 aromatic heterocycles. The first-order valence-electron chi connectivity index (χ1n) is 5.53. The summed E-state index contributed by atoms with van der Waals surface area (Å²) in [6.07, 6.45) is 0. The molecule has 1 unspecified atom stereocenters. The van der Waals surface area contributed by atoms with Gasteiger partial charge in [0.05, 0.1) is 5.02 Å². The first kappa shape index (κ1) is 14.4. The second-order valence-corrected chi connectivity index (χ2v) is 5.59. The Labute approximate surface area is 129 Å². The Balaban J connectivity index is 2.10. The second-order valence-electron chi connectivity index (χ2n) is 3.89. The van der Waals surface area contributed by atoms with Crippen LogP contribution in [0.4, 0.5) is 5.69 Å². The first-order valence-corrected chi connectivity index (χ1v) is 7.13. The summed E-state index contributed by atoms with van der Waals surface area (Å²) >= 11 is 15.4. The molecule has 2 rings (SSSR count). The lowest BCUT2D eigenvalue weighted by Crippen LogP contribution is -2.17. The van der Waals surface area contributed by atoms with E-state index in [2.05, 4.69) is 21.2 Å². The molecule has 98 valence electrons. The summed E-state index contributed by atoms with van der Waals surface area (Å²) in [6.45, 7) is 0. The molecule has 2 nitrogen and oxygen atoms in total. The van der Waals surface area contributed by atoms with Gasteiger partial charge in [0.1, 0.15) is 5.38 Å². The van der Waals surface area contributed by atoms with E-state index in [1.165, 1.54) is 0 Å². The van der Waals surface area contributed by atoms with Gasteiger partial charge in [-0.25, -0.2) is 0 Å². The molecule has 0 spiro atoms. The maximum Gasteiger partial charge on any atom is 0.246 e. The third kappa shape index (κ3) is 3.72. The van der Waals surface area contributed by atoms with Crippen LogP contribution in [0.3, 0.4) is 0 Å². The first-order chi connectivity index (χ1) is 9.08. The molecule has 0 aliphatic heterocycles. The number of hydrogen-bond acceptors (Lipinski definition) is 1. The molecule has 1 atom stereocenters. The maximum absolute atomic E-state index is 12.0. The second kappa shape index (κ2) is 6.42. The predicted octanol–water partition coefficient (Wildman–Crippen LogP) is 5.02. The summed E-state index contributed by atoms with van der Waals surface area (Å²) in [5.41, 5.74) is 1.37. The van der Waals surface area contributed by atoms with Crippen LogP contribution in [-0.4, -0.2) is 5.91 Å². The van der Waals surface area contributed by atoms with E-state index in [9.17, 15) is 4.79 Å². The minimum atomic E-state index is -0.733. The van der Waals surface area contributed by atoms with Gasteiger partial charge in [0, 0.05) is 10.2 Å². The Morgan fingerprint density at radius 3 is 2.47 bits per heavy atom. The molecule has 0 radical (unpaired) electrons. The number of anilines is 1. The summed E-state index contributed by atoms with van der Waals surface area (Å²) in [4.78, 5) is 12.0. The molecule has 2 aromatic rings. The number of alkyl halides is 1. The molecule has 0 saturated heterocycles. The normalized spacial score (nSPS) is 11.9. The Bertz CT molecular complexity index is 589. The van der Waals surface area contributed by atoms with Gasteiger partial charge in [-0.3, -0.25) is 4.79 Å². The van der Waals surface area contributed by atoms with Crippen LogP contribution in [0, 0.1) is 0 Å². The van der Waals surface area contributed by atoms with Crippen molar-refractivity contribution in [3.05, 3.63) is 63.6 Å². The number of amides is 1. The van der Waals surface area contributed by atoms with Crippen molar-refractivity contribution in [2.75, 3.05) is 5.32 Å². The number of rotatable bonds is 3. The molecule has 1 amide bonds. The highest BCUT2D eigenvalue weighted by molar-refractivity contribution is 9.10. The van der Waals surface area contributed by atoms with Crippen molar-refractivity contribution in [3.8, 4) is 0 Å². The zero-order valence-corrected chi connectivity index (χ0v) is 12.8. The van der Waals surface area contributed by atoms with Gasteiger partial charge >= 0.3 is 0 Å². The number of hydrogen-bond donors (Lipinski definition) is 1.